The van der Waals surface area contributed by atoms with Crippen molar-refractivity contribution >= 4 is 40.3 Å². The van der Waals surface area contributed by atoms with E-state index in [9.17, 15) is 4.79 Å². The second-order valence-corrected chi connectivity index (χ2v) is 4.77. The van der Waals surface area contributed by atoms with Gasteiger partial charge in [0, 0.05) is 12.6 Å². The fourth-order valence-electron chi connectivity index (χ4n) is 1.29. The Kier molecular flexibility index (Phi) is 3.26. The summed E-state index contributed by atoms with van der Waals surface area (Å²) >= 11 is 6.39. The Hall–Kier alpha value is -1.33. The topological polar surface area (TPSA) is 33.5 Å². The third kappa shape index (κ3) is 2.10. The van der Waals surface area contributed by atoms with Gasteiger partial charge in [0.25, 0.3) is 5.91 Å². The van der Waals surface area contributed by atoms with Gasteiger partial charge in [0.2, 0.25) is 0 Å². The highest BCUT2D eigenvalue weighted by atomic mass is 32.2. The van der Waals surface area contributed by atoms with Gasteiger partial charge in [0.15, 0.2) is 0 Å². The Bertz CT molecular complexity index is 462. The molecule has 1 fully saturated rings. The van der Waals surface area contributed by atoms with E-state index in [1.165, 1.54) is 16.7 Å². The van der Waals surface area contributed by atoms with E-state index in [0.717, 1.165) is 0 Å². The number of nitrogens with zero attached hydrogens (tertiary/aromatic N) is 1. The van der Waals surface area contributed by atoms with Gasteiger partial charge < -0.3 is 4.42 Å². The quantitative estimate of drug-likeness (QED) is 0.470. The predicted molar refractivity (Wildman–Crippen MR) is 68.8 cm³/mol. The summed E-state index contributed by atoms with van der Waals surface area (Å²) in [4.78, 5) is 14.0. The van der Waals surface area contributed by atoms with Gasteiger partial charge in [-0.05, 0) is 12.1 Å². The molecule has 0 radical (unpaired) electrons. The van der Waals surface area contributed by atoms with E-state index in [-0.39, 0.29) is 5.91 Å². The number of thioether (sulfide) groups is 1. The maximum atomic E-state index is 11.9. The zero-order valence-corrected chi connectivity index (χ0v) is 10.0. The molecule has 2 rings (SSSR count). The monoisotopic (exact) mass is 251 g/mol. The summed E-state index contributed by atoms with van der Waals surface area (Å²) in [6.45, 7) is 4.04. The molecule has 0 bridgehead atoms. The molecule has 1 aliphatic rings. The Morgan fingerprint density at radius 1 is 1.62 bits per heavy atom. The molecule has 0 saturated carbocycles. The van der Waals surface area contributed by atoms with Gasteiger partial charge in [-0.2, -0.15) is 0 Å². The molecule has 1 amide bonds. The van der Waals surface area contributed by atoms with Crippen LogP contribution in [-0.4, -0.2) is 21.7 Å². The van der Waals surface area contributed by atoms with E-state index in [4.69, 9.17) is 16.6 Å². The Morgan fingerprint density at radius 3 is 3.06 bits per heavy atom. The van der Waals surface area contributed by atoms with Gasteiger partial charge in [0.05, 0.1) is 11.2 Å². The number of amides is 1. The minimum Gasteiger partial charge on any atom is -0.465 e. The van der Waals surface area contributed by atoms with Crippen molar-refractivity contribution in [3.63, 3.8) is 0 Å². The fourth-order valence-corrected chi connectivity index (χ4v) is 2.54. The minimum absolute atomic E-state index is 0.0914. The molecule has 82 valence electrons. The van der Waals surface area contributed by atoms with Crippen LogP contribution in [0.5, 0.6) is 0 Å². The largest absolute Gasteiger partial charge is 0.465 e. The highest BCUT2D eigenvalue weighted by Gasteiger charge is 2.31. The molecule has 0 unspecified atom stereocenters. The summed E-state index contributed by atoms with van der Waals surface area (Å²) in [7, 11) is 0. The summed E-state index contributed by atoms with van der Waals surface area (Å²) in [5, 5.41) is 0. The lowest BCUT2D eigenvalue weighted by Crippen LogP contribution is -2.27. The lowest BCUT2D eigenvalue weighted by atomic mass is 10.3. The number of thiocarbonyl (C=S) groups is 1. The first kappa shape index (κ1) is 11.2. The van der Waals surface area contributed by atoms with Crippen molar-refractivity contribution in [1.82, 2.24) is 4.90 Å². The van der Waals surface area contributed by atoms with Crippen LogP contribution in [0.25, 0.3) is 6.08 Å². The highest BCUT2D eigenvalue weighted by Crippen LogP contribution is 2.32. The van der Waals surface area contributed by atoms with Crippen LogP contribution in [0.1, 0.15) is 5.76 Å². The second kappa shape index (κ2) is 4.67. The van der Waals surface area contributed by atoms with Crippen molar-refractivity contribution in [1.29, 1.82) is 0 Å². The first-order valence-electron chi connectivity index (χ1n) is 4.62. The summed E-state index contributed by atoms with van der Waals surface area (Å²) in [5.74, 6) is 0.561. The van der Waals surface area contributed by atoms with Gasteiger partial charge in [0.1, 0.15) is 10.1 Å². The normalized spacial score (nSPS) is 18.5. The first-order chi connectivity index (χ1) is 7.72. The average Bonchev–Trinajstić information content (AvgIpc) is 2.84. The van der Waals surface area contributed by atoms with Crippen LogP contribution in [-0.2, 0) is 4.79 Å². The van der Waals surface area contributed by atoms with Gasteiger partial charge in [-0.25, -0.2) is 0 Å². The zero-order chi connectivity index (χ0) is 11.5. The van der Waals surface area contributed by atoms with Gasteiger partial charge in [-0.15, -0.1) is 6.58 Å². The maximum Gasteiger partial charge on any atom is 0.266 e. The van der Waals surface area contributed by atoms with E-state index in [1.807, 2.05) is 0 Å². The Balaban J connectivity index is 2.23. The van der Waals surface area contributed by atoms with Crippen LogP contribution >= 0.6 is 24.0 Å². The number of carbonyl (C=O) groups is 1. The van der Waals surface area contributed by atoms with Crippen LogP contribution in [0, 0.1) is 0 Å². The van der Waals surface area contributed by atoms with Crippen LogP contribution in [0.15, 0.2) is 40.4 Å². The predicted octanol–water partition coefficient (Wildman–Crippen LogP) is 2.67. The maximum absolute atomic E-state index is 11.9. The number of hydrogen-bond acceptors (Lipinski definition) is 4. The molecule has 1 aromatic rings. The standard InChI is InChI=1S/C11H9NO2S2/c1-2-5-12-10(13)9(16-11(12)15)7-8-4-3-6-14-8/h2-4,6-7H,1,5H2. The zero-order valence-electron chi connectivity index (χ0n) is 8.38. The van der Waals surface area contributed by atoms with Gasteiger partial charge in [-0.1, -0.05) is 30.1 Å². The Morgan fingerprint density at radius 2 is 2.44 bits per heavy atom. The van der Waals surface area contributed by atoms with E-state index in [2.05, 4.69) is 6.58 Å². The van der Waals surface area contributed by atoms with Crippen LogP contribution in [0.2, 0.25) is 0 Å². The SMILES string of the molecule is C=CCN1C(=O)C(=Cc2ccco2)SC1=S. The first-order valence-corrected chi connectivity index (χ1v) is 5.84. The average molecular weight is 251 g/mol. The smallest absolute Gasteiger partial charge is 0.266 e. The van der Waals surface area contributed by atoms with Crippen LogP contribution < -0.4 is 0 Å². The summed E-state index contributed by atoms with van der Waals surface area (Å²) in [6.07, 6.45) is 4.92. The molecule has 0 aromatic carbocycles. The number of furan rings is 1. The molecule has 0 atom stereocenters. The summed E-state index contributed by atoms with van der Waals surface area (Å²) in [5.41, 5.74) is 0. The van der Waals surface area contributed by atoms with Crippen LogP contribution in [0.3, 0.4) is 0 Å². The van der Waals surface area contributed by atoms with Crippen molar-refractivity contribution in [2.45, 2.75) is 0 Å². The molecule has 1 aliphatic heterocycles. The van der Waals surface area contributed by atoms with E-state index in [1.54, 1.807) is 30.5 Å². The van der Waals surface area contributed by atoms with Crippen LogP contribution in [0.4, 0.5) is 0 Å². The van der Waals surface area contributed by atoms with Crippen molar-refractivity contribution in [3.8, 4) is 0 Å². The lowest BCUT2D eigenvalue weighted by molar-refractivity contribution is -0.121. The third-order valence-electron chi connectivity index (χ3n) is 2.00. The van der Waals surface area contributed by atoms with Crippen molar-refractivity contribution in [2.24, 2.45) is 0 Å². The molecule has 2 heterocycles. The lowest BCUT2D eigenvalue weighted by Gasteiger charge is -2.10. The molecule has 0 aliphatic carbocycles. The Labute approximate surface area is 103 Å². The minimum atomic E-state index is -0.0914. The van der Waals surface area contributed by atoms with Gasteiger partial charge >= 0.3 is 0 Å². The molecule has 1 aromatic heterocycles. The highest BCUT2D eigenvalue weighted by molar-refractivity contribution is 8.26. The van der Waals surface area contributed by atoms with Crippen molar-refractivity contribution < 1.29 is 9.21 Å². The fraction of sp³-hybridized carbons (Fsp3) is 0.0909. The summed E-state index contributed by atoms with van der Waals surface area (Å²) < 4.78 is 5.71. The second-order valence-electron chi connectivity index (χ2n) is 3.10. The van der Waals surface area contributed by atoms with Crippen molar-refractivity contribution in [2.75, 3.05) is 6.54 Å². The molecule has 16 heavy (non-hydrogen) atoms. The molecule has 0 spiro atoms. The molecular weight excluding hydrogens is 242 g/mol. The van der Waals surface area contributed by atoms with Gasteiger partial charge in [-0.3, -0.25) is 9.69 Å². The molecular formula is C11H9NO2S2. The van der Waals surface area contributed by atoms with Crippen molar-refractivity contribution in [3.05, 3.63) is 41.7 Å². The molecule has 1 saturated heterocycles. The number of rotatable bonds is 3. The van der Waals surface area contributed by atoms with E-state index < -0.39 is 0 Å². The van der Waals surface area contributed by atoms with E-state index >= 15 is 0 Å². The van der Waals surface area contributed by atoms with E-state index in [0.29, 0.717) is 21.5 Å². The molecule has 0 N–H and O–H groups in total. The molecule has 3 nitrogen and oxygen atoms in total. The third-order valence-corrected chi connectivity index (χ3v) is 3.38. The summed E-state index contributed by atoms with van der Waals surface area (Å²) in [6, 6.07) is 3.57. The number of hydrogen-bond donors (Lipinski definition) is 0. The number of carbonyl (C=O) groups excluding carboxylic acids is 1. The molecule has 5 heteroatoms.